The minimum Gasteiger partial charge on any atom is -0.325 e. The molecule has 1 saturated heterocycles. The van der Waals surface area contributed by atoms with Crippen molar-refractivity contribution in [3.63, 3.8) is 0 Å². The molecule has 3 aromatic carbocycles. The number of hydrogen-bond donors (Lipinski definition) is 1. The second-order valence-electron chi connectivity index (χ2n) is 9.42. The van der Waals surface area contributed by atoms with Gasteiger partial charge in [0.15, 0.2) is 0 Å². The molecule has 3 heterocycles. The zero-order chi connectivity index (χ0) is 28.8. The first-order chi connectivity index (χ1) is 19.7. The van der Waals surface area contributed by atoms with Crippen molar-refractivity contribution < 1.29 is 19.3 Å². The first-order valence-electron chi connectivity index (χ1n) is 12.4. The monoisotopic (exact) mass is 650 g/mol. The topological polar surface area (TPSA) is 132 Å². The summed E-state index contributed by atoms with van der Waals surface area (Å²) in [6, 6.07) is 21.5. The summed E-state index contributed by atoms with van der Waals surface area (Å²) in [4.78, 5) is 65.7. The van der Waals surface area contributed by atoms with Gasteiger partial charge in [-0.05, 0) is 42.0 Å². The molecular weight excluding hydrogens is 632 g/mol. The first-order valence-corrected chi connectivity index (χ1v) is 14.8. The van der Waals surface area contributed by atoms with E-state index in [-0.39, 0.29) is 22.8 Å². The van der Waals surface area contributed by atoms with Crippen molar-refractivity contribution in [3.8, 4) is 0 Å². The number of imide groups is 1. The zero-order valence-electron chi connectivity index (χ0n) is 20.9. The number of aromatic nitrogens is 1. The van der Waals surface area contributed by atoms with Gasteiger partial charge in [0, 0.05) is 33.1 Å². The summed E-state index contributed by atoms with van der Waals surface area (Å²) >= 11 is 5.50. The van der Waals surface area contributed by atoms with E-state index < -0.39 is 39.7 Å². The van der Waals surface area contributed by atoms with Crippen LogP contribution in [0.25, 0.3) is 0 Å². The summed E-state index contributed by atoms with van der Waals surface area (Å²) in [5.74, 6) is -2.76. The Morgan fingerprint density at radius 3 is 2.29 bits per heavy atom. The Kier molecular flexibility index (Phi) is 7.09. The van der Waals surface area contributed by atoms with Gasteiger partial charge in [-0.15, -0.1) is 0 Å². The highest BCUT2D eigenvalue weighted by Crippen LogP contribution is 2.54. The van der Waals surface area contributed by atoms with Crippen LogP contribution in [0.2, 0.25) is 0 Å². The molecule has 0 radical (unpaired) electrons. The van der Waals surface area contributed by atoms with Gasteiger partial charge in [-0.25, -0.2) is 4.90 Å². The number of rotatable bonds is 6. The summed E-state index contributed by atoms with van der Waals surface area (Å²) in [7, 11) is 0. The van der Waals surface area contributed by atoms with Gasteiger partial charge in [-0.1, -0.05) is 69.4 Å². The second kappa shape index (κ2) is 10.7. The van der Waals surface area contributed by atoms with Crippen LogP contribution in [0.5, 0.6) is 0 Å². The number of thioether (sulfide) groups is 1. The number of carbonyl (C=O) groups excluding carboxylic acids is 3. The van der Waals surface area contributed by atoms with Gasteiger partial charge in [-0.2, -0.15) is 0 Å². The van der Waals surface area contributed by atoms with Crippen LogP contribution in [0.1, 0.15) is 16.4 Å². The molecule has 41 heavy (non-hydrogen) atoms. The van der Waals surface area contributed by atoms with Crippen LogP contribution in [0, 0.1) is 16.0 Å². The van der Waals surface area contributed by atoms with E-state index in [1.54, 1.807) is 24.3 Å². The van der Waals surface area contributed by atoms with Gasteiger partial charge < -0.3 is 5.32 Å². The molecule has 0 saturated carbocycles. The fourth-order valence-electron chi connectivity index (χ4n) is 5.13. The number of amides is 3. The molecule has 0 bridgehead atoms. The molecular formula is C28H19BrN4O6S2. The quantitative estimate of drug-likeness (QED) is 0.176. The van der Waals surface area contributed by atoms with Crippen molar-refractivity contribution in [2.75, 3.05) is 10.2 Å². The summed E-state index contributed by atoms with van der Waals surface area (Å²) in [6.45, 7) is -0.259. The lowest BCUT2D eigenvalue weighted by atomic mass is 9.83. The molecule has 3 atom stereocenters. The summed E-state index contributed by atoms with van der Waals surface area (Å²) in [6.07, 6.45) is 0. The summed E-state index contributed by atoms with van der Waals surface area (Å²) in [5.41, 5.74) is 1.41. The molecule has 2 unspecified atom stereocenters. The van der Waals surface area contributed by atoms with Crippen molar-refractivity contribution in [2.45, 2.75) is 22.7 Å². The lowest BCUT2D eigenvalue weighted by molar-refractivity contribution is -0.384. The zero-order valence-corrected chi connectivity index (χ0v) is 24.1. The van der Waals surface area contributed by atoms with Gasteiger partial charge in [-0.3, -0.25) is 33.9 Å². The van der Waals surface area contributed by atoms with Gasteiger partial charge >= 0.3 is 4.87 Å². The highest BCUT2D eigenvalue weighted by molar-refractivity contribution is 9.10. The predicted octanol–water partition coefficient (Wildman–Crippen LogP) is 5.02. The van der Waals surface area contributed by atoms with Crippen LogP contribution in [0.4, 0.5) is 17.1 Å². The molecule has 1 N–H and O–H groups in total. The standard InChI is InChI=1S/C28H19BrN4O6S2/c29-16-8-6-15(7-9-16)21-22-23(26(36)32(25(22)35)18-10-12-19(13-11-18)33(38)39)40-27-24(21)41-28(37)31(27)14-20(34)30-17-4-2-1-3-5-17/h1-13,21-23H,14H2,(H,30,34)/t21-,22?,23?/m1/s1. The third kappa shape index (κ3) is 4.89. The van der Waals surface area contributed by atoms with E-state index in [0.29, 0.717) is 15.6 Å². The molecule has 13 heteroatoms. The fourth-order valence-corrected chi connectivity index (χ4v) is 8.17. The van der Waals surface area contributed by atoms with Crippen LogP contribution in [0.15, 0.2) is 93.2 Å². The normalized spacial score (nSPS) is 19.5. The van der Waals surface area contributed by atoms with Gasteiger partial charge in [0.2, 0.25) is 17.7 Å². The average Bonchev–Trinajstić information content (AvgIpc) is 3.40. The highest BCUT2D eigenvalue weighted by atomic mass is 79.9. The fraction of sp³-hybridized carbons (Fsp3) is 0.143. The predicted molar refractivity (Wildman–Crippen MR) is 158 cm³/mol. The number of hydrogen-bond acceptors (Lipinski definition) is 8. The average molecular weight is 652 g/mol. The maximum absolute atomic E-state index is 13.9. The van der Waals surface area contributed by atoms with E-state index in [2.05, 4.69) is 21.2 Å². The Morgan fingerprint density at radius 1 is 0.951 bits per heavy atom. The van der Waals surface area contributed by atoms with Crippen LogP contribution in [0.3, 0.4) is 0 Å². The molecule has 2 aliphatic rings. The van der Waals surface area contributed by atoms with Gasteiger partial charge in [0.25, 0.3) is 5.69 Å². The highest BCUT2D eigenvalue weighted by Gasteiger charge is 2.56. The van der Waals surface area contributed by atoms with E-state index in [9.17, 15) is 29.3 Å². The minimum atomic E-state index is -0.865. The number of nitro benzene ring substituents is 1. The Balaban J connectivity index is 1.40. The molecule has 1 aromatic heterocycles. The van der Waals surface area contributed by atoms with Crippen LogP contribution < -0.4 is 15.1 Å². The lowest BCUT2D eigenvalue weighted by Gasteiger charge is -2.30. The summed E-state index contributed by atoms with van der Waals surface area (Å²) < 4.78 is 2.19. The van der Waals surface area contributed by atoms with E-state index in [1.165, 1.54) is 28.8 Å². The summed E-state index contributed by atoms with van der Waals surface area (Å²) in [5, 5.41) is 13.5. The SMILES string of the molecule is O=C(Cn1c2c(sc1=O)[C@H](c1ccc(Br)cc1)C1C(=O)N(c3ccc([N+](=O)[O-])cc3)C(=O)C1S2)Nc1ccccc1. The van der Waals surface area contributed by atoms with Crippen LogP contribution in [-0.2, 0) is 20.9 Å². The number of para-hydroxylation sites is 1. The number of nitro groups is 1. The number of anilines is 2. The van der Waals surface area contributed by atoms with Crippen molar-refractivity contribution in [1.29, 1.82) is 0 Å². The number of nitrogens with zero attached hydrogens (tertiary/aromatic N) is 3. The van der Waals surface area contributed by atoms with Crippen LogP contribution >= 0.6 is 39.0 Å². The number of carbonyl (C=O) groups is 3. The number of benzene rings is 3. The maximum Gasteiger partial charge on any atom is 0.308 e. The maximum atomic E-state index is 13.9. The van der Waals surface area contributed by atoms with Crippen LogP contribution in [-0.4, -0.2) is 32.5 Å². The molecule has 1 fully saturated rings. The number of halogens is 1. The Bertz CT molecular complexity index is 1760. The van der Waals surface area contributed by atoms with E-state index in [4.69, 9.17) is 0 Å². The van der Waals surface area contributed by atoms with Crippen molar-refractivity contribution in [3.05, 3.63) is 114 Å². The van der Waals surface area contributed by atoms with E-state index >= 15 is 0 Å². The molecule has 2 aliphatic heterocycles. The third-order valence-electron chi connectivity index (χ3n) is 6.96. The molecule has 6 rings (SSSR count). The van der Waals surface area contributed by atoms with Crippen molar-refractivity contribution in [1.82, 2.24) is 4.57 Å². The van der Waals surface area contributed by atoms with E-state index in [1.807, 2.05) is 30.3 Å². The molecule has 4 aromatic rings. The lowest BCUT2D eigenvalue weighted by Crippen LogP contribution is -2.33. The Hall–Kier alpha value is -4.07. The van der Waals surface area contributed by atoms with Gasteiger partial charge in [0.05, 0.1) is 21.6 Å². The third-order valence-corrected chi connectivity index (χ3v) is 10.1. The second-order valence-corrected chi connectivity index (χ2v) is 12.5. The molecule has 0 spiro atoms. The molecule has 206 valence electrons. The molecule has 10 nitrogen and oxygen atoms in total. The number of nitrogens with one attached hydrogen (secondary N) is 1. The molecule has 3 amide bonds. The number of non-ortho nitro benzene ring substituents is 1. The Labute approximate surface area is 249 Å². The minimum absolute atomic E-state index is 0.160. The van der Waals surface area contributed by atoms with Crippen molar-refractivity contribution in [2.24, 2.45) is 5.92 Å². The smallest absolute Gasteiger partial charge is 0.308 e. The number of fused-ring (bicyclic) bond motifs is 2. The van der Waals surface area contributed by atoms with Gasteiger partial charge in [0.1, 0.15) is 11.8 Å². The largest absolute Gasteiger partial charge is 0.325 e. The van der Waals surface area contributed by atoms with E-state index in [0.717, 1.165) is 38.0 Å². The number of thiazole rings is 1. The molecule has 0 aliphatic carbocycles. The Morgan fingerprint density at radius 2 is 1.63 bits per heavy atom. The van der Waals surface area contributed by atoms with Crippen molar-refractivity contribution >= 4 is 73.8 Å². The first kappa shape index (κ1) is 27.1.